The van der Waals surface area contributed by atoms with Gasteiger partial charge in [0, 0.05) is 6.61 Å². The molecule has 5 nitrogen and oxygen atoms in total. The van der Waals surface area contributed by atoms with Crippen molar-refractivity contribution in [3.63, 3.8) is 0 Å². The van der Waals surface area contributed by atoms with Crippen LogP contribution in [-0.4, -0.2) is 29.2 Å². The third-order valence-electron chi connectivity index (χ3n) is 2.76. The van der Waals surface area contributed by atoms with Crippen molar-refractivity contribution in [2.75, 3.05) is 6.61 Å². The van der Waals surface area contributed by atoms with Crippen LogP contribution in [0.25, 0.3) is 0 Å². The minimum Gasteiger partial charge on any atom is -1.00 e. The van der Waals surface area contributed by atoms with E-state index >= 15 is 0 Å². The van der Waals surface area contributed by atoms with Crippen LogP contribution in [0.5, 0.6) is 0 Å². The van der Waals surface area contributed by atoms with E-state index in [4.69, 9.17) is 22.6 Å². The zero-order valence-corrected chi connectivity index (χ0v) is 15.9. The number of hydrogen-bond acceptors (Lipinski definition) is 3. The van der Waals surface area contributed by atoms with Crippen molar-refractivity contribution in [3.05, 3.63) is 0 Å². The Hall–Kier alpha value is 0.830. The molecule has 0 aliphatic heterocycles. The van der Waals surface area contributed by atoms with Crippen molar-refractivity contribution in [1.29, 1.82) is 0 Å². The SMILES string of the molecule is CCCCCCCCCCCCCO.O=S(=O)(O)O.[H-].[Na+]. The van der Waals surface area contributed by atoms with Gasteiger partial charge in [0.05, 0.1) is 0 Å². The molecule has 0 bridgehead atoms. The standard InChI is InChI=1S/C13H28O.Na.H2O4S.H/c1-2-3-4-5-6-7-8-9-10-11-12-13-14;;1-5(2,3)4;/h14H,2-13H2,1H3;;(H2,1,2,3,4);/q;+1;;-1. The fourth-order valence-corrected chi connectivity index (χ4v) is 1.78. The summed E-state index contributed by atoms with van der Waals surface area (Å²) in [6.45, 7) is 2.64. The minimum absolute atomic E-state index is 0. The van der Waals surface area contributed by atoms with E-state index in [1.807, 2.05) is 0 Å². The van der Waals surface area contributed by atoms with Gasteiger partial charge in [-0.05, 0) is 6.42 Å². The molecule has 20 heavy (non-hydrogen) atoms. The van der Waals surface area contributed by atoms with E-state index in [1.165, 1.54) is 64.2 Å². The predicted molar refractivity (Wildman–Crippen MR) is 78.8 cm³/mol. The fourth-order valence-electron chi connectivity index (χ4n) is 1.78. The first-order chi connectivity index (χ1) is 8.91. The number of rotatable bonds is 11. The molecule has 0 unspecified atom stereocenters. The molecule has 0 saturated carbocycles. The van der Waals surface area contributed by atoms with Crippen molar-refractivity contribution >= 4 is 10.4 Å². The van der Waals surface area contributed by atoms with Crippen LogP contribution >= 0.6 is 0 Å². The molecular weight excluding hydrogens is 291 g/mol. The third-order valence-corrected chi connectivity index (χ3v) is 2.76. The van der Waals surface area contributed by atoms with E-state index in [-0.39, 0.29) is 31.0 Å². The summed E-state index contributed by atoms with van der Waals surface area (Å²) < 4.78 is 31.6. The van der Waals surface area contributed by atoms with Crippen LogP contribution in [0.1, 0.15) is 79.0 Å². The molecule has 0 spiro atoms. The van der Waals surface area contributed by atoms with Crippen molar-refractivity contribution in [3.8, 4) is 0 Å². The summed E-state index contributed by atoms with van der Waals surface area (Å²) in [5.41, 5.74) is 0. The zero-order chi connectivity index (χ0) is 15.0. The molecule has 0 heterocycles. The summed E-state index contributed by atoms with van der Waals surface area (Å²) >= 11 is 0. The molecule has 0 aromatic rings. The van der Waals surface area contributed by atoms with Crippen molar-refractivity contribution in [2.45, 2.75) is 77.6 Å². The Morgan fingerprint density at radius 2 is 1.00 bits per heavy atom. The zero-order valence-electron chi connectivity index (χ0n) is 14.1. The maximum absolute atomic E-state index is 8.74. The van der Waals surface area contributed by atoms with Gasteiger partial charge in [-0.3, -0.25) is 9.11 Å². The van der Waals surface area contributed by atoms with Crippen LogP contribution in [0.15, 0.2) is 0 Å². The molecular formula is C13H31NaO5S. The van der Waals surface area contributed by atoms with Crippen LogP contribution in [-0.2, 0) is 10.4 Å². The van der Waals surface area contributed by atoms with Crippen LogP contribution in [0, 0.1) is 0 Å². The molecule has 120 valence electrons. The predicted octanol–water partition coefficient (Wildman–Crippen LogP) is 0.753. The Balaban J connectivity index is -0.000000179. The molecule has 0 aromatic heterocycles. The van der Waals surface area contributed by atoms with Gasteiger partial charge in [0.25, 0.3) is 0 Å². The van der Waals surface area contributed by atoms with E-state index < -0.39 is 10.4 Å². The summed E-state index contributed by atoms with van der Waals surface area (Å²) in [5, 5.41) is 8.59. The van der Waals surface area contributed by atoms with Crippen molar-refractivity contribution in [1.82, 2.24) is 0 Å². The summed E-state index contributed by atoms with van der Waals surface area (Å²) in [6.07, 6.45) is 14.8. The van der Waals surface area contributed by atoms with Gasteiger partial charge in [0.15, 0.2) is 0 Å². The molecule has 0 aliphatic rings. The van der Waals surface area contributed by atoms with Gasteiger partial charge in [-0.2, -0.15) is 8.42 Å². The van der Waals surface area contributed by atoms with Gasteiger partial charge in [-0.25, -0.2) is 0 Å². The van der Waals surface area contributed by atoms with Gasteiger partial charge in [0.2, 0.25) is 0 Å². The molecule has 0 rings (SSSR count). The first kappa shape index (κ1) is 25.8. The van der Waals surface area contributed by atoms with Gasteiger partial charge >= 0.3 is 40.0 Å². The van der Waals surface area contributed by atoms with E-state index in [1.54, 1.807) is 0 Å². The van der Waals surface area contributed by atoms with E-state index in [9.17, 15) is 0 Å². The number of hydrogen-bond donors (Lipinski definition) is 3. The Labute approximate surface area is 147 Å². The van der Waals surface area contributed by atoms with Gasteiger partial charge < -0.3 is 6.53 Å². The third kappa shape index (κ3) is 42.8. The van der Waals surface area contributed by atoms with Crippen LogP contribution < -0.4 is 29.6 Å². The Kier molecular flexibility index (Phi) is 25.5. The fraction of sp³-hybridized carbons (Fsp3) is 1.00. The minimum atomic E-state index is -4.67. The number of unbranched alkanes of at least 4 members (excludes halogenated alkanes) is 10. The molecule has 0 saturated heterocycles. The maximum Gasteiger partial charge on any atom is 1.00 e. The molecule has 0 amide bonds. The van der Waals surface area contributed by atoms with E-state index in [0.29, 0.717) is 6.61 Å². The summed E-state index contributed by atoms with van der Waals surface area (Å²) in [4.78, 5) is 0. The van der Waals surface area contributed by atoms with Crippen molar-refractivity contribution < 1.29 is 53.6 Å². The summed E-state index contributed by atoms with van der Waals surface area (Å²) in [7, 11) is -4.67. The molecule has 3 N–H and O–H groups in total. The quantitative estimate of drug-likeness (QED) is 0.296. The smallest absolute Gasteiger partial charge is 1.00 e. The Bertz CT molecular complexity index is 243. The Morgan fingerprint density at radius 3 is 1.25 bits per heavy atom. The molecule has 0 atom stereocenters. The first-order valence-electron chi connectivity index (χ1n) is 7.22. The summed E-state index contributed by atoms with van der Waals surface area (Å²) in [6, 6.07) is 0. The monoisotopic (exact) mass is 322 g/mol. The van der Waals surface area contributed by atoms with Crippen LogP contribution in [0.4, 0.5) is 0 Å². The van der Waals surface area contributed by atoms with Gasteiger partial charge in [-0.15, -0.1) is 0 Å². The van der Waals surface area contributed by atoms with E-state index in [2.05, 4.69) is 6.92 Å². The van der Waals surface area contributed by atoms with E-state index in [0.717, 1.165) is 6.42 Å². The average molecular weight is 322 g/mol. The van der Waals surface area contributed by atoms with Crippen molar-refractivity contribution in [2.24, 2.45) is 0 Å². The second-order valence-corrected chi connectivity index (χ2v) is 5.60. The maximum atomic E-state index is 8.74. The molecule has 0 radical (unpaired) electrons. The van der Waals surface area contributed by atoms with Crippen LogP contribution in [0.3, 0.4) is 0 Å². The number of aliphatic hydroxyl groups excluding tert-OH is 1. The first-order valence-corrected chi connectivity index (χ1v) is 8.62. The topological polar surface area (TPSA) is 94.8 Å². The molecule has 0 fully saturated rings. The Morgan fingerprint density at radius 1 is 0.750 bits per heavy atom. The van der Waals surface area contributed by atoms with Crippen LogP contribution in [0.2, 0.25) is 0 Å². The normalized spacial score (nSPS) is 10.4. The molecule has 0 aromatic carbocycles. The second kappa shape index (κ2) is 19.8. The molecule has 0 aliphatic carbocycles. The van der Waals surface area contributed by atoms with Gasteiger partial charge in [0.1, 0.15) is 0 Å². The average Bonchev–Trinajstić information content (AvgIpc) is 2.29. The second-order valence-electron chi connectivity index (χ2n) is 4.71. The largest absolute Gasteiger partial charge is 1.00 e. The van der Waals surface area contributed by atoms with Gasteiger partial charge in [-0.1, -0.05) is 71.1 Å². The molecule has 7 heteroatoms. The number of aliphatic hydroxyl groups is 1. The summed E-state index contributed by atoms with van der Waals surface area (Å²) in [5.74, 6) is 0.